The maximum Gasteiger partial charge on any atom is 0.335 e. The maximum absolute atomic E-state index is 11.0. The molecule has 1 aliphatic rings. The van der Waals surface area contributed by atoms with Crippen molar-refractivity contribution in [2.75, 3.05) is 13.1 Å². The van der Waals surface area contributed by atoms with Gasteiger partial charge in [-0.1, -0.05) is 24.0 Å². The van der Waals surface area contributed by atoms with Gasteiger partial charge in [0.2, 0.25) is 0 Å². The van der Waals surface area contributed by atoms with Gasteiger partial charge in [0.05, 0.1) is 0 Å². The Labute approximate surface area is 126 Å². The van der Waals surface area contributed by atoms with Crippen LogP contribution in [0.5, 0.6) is 0 Å². The molecular formula is C11H19NO6S2. The van der Waals surface area contributed by atoms with Crippen LogP contribution in [0.3, 0.4) is 0 Å². The molecule has 0 aromatic carbocycles. The minimum absolute atomic E-state index is 0.437. The molecule has 0 saturated carbocycles. The minimum atomic E-state index is -1.68. The van der Waals surface area contributed by atoms with Crippen molar-refractivity contribution in [3.8, 4) is 0 Å². The Kier molecular flexibility index (Phi) is 6.62. The molecule has 0 amide bonds. The lowest BCUT2D eigenvalue weighted by Gasteiger charge is -2.39. The predicted molar refractivity (Wildman–Crippen MR) is 77.4 cm³/mol. The number of carboxylic acids is 1. The number of aliphatic carboxylic acids is 1. The number of thioether (sulfide) groups is 1. The second-order valence-electron chi connectivity index (χ2n) is 4.29. The van der Waals surface area contributed by atoms with Gasteiger partial charge in [0.1, 0.15) is 28.1 Å². The number of hydrogen-bond donors (Lipinski definition) is 4. The molecule has 1 rings (SSSR count). The highest BCUT2D eigenvalue weighted by atomic mass is 32.2. The standard InChI is InChI=1S/C11H19NO6S2/c1-3-12(4-2)11(19)20-10-7(15)5(13)6(14)8(18-10)9(16)17/h5-8,10,13-15H,3-4H2,1-2H3,(H,16,17). The zero-order valence-corrected chi connectivity index (χ0v) is 12.8. The summed E-state index contributed by atoms with van der Waals surface area (Å²) in [6.07, 6.45) is -6.28. The fourth-order valence-electron chi connectivity index (χ4n) is 1.81. The van der Waals surface area contributed by atoms with Crippen LogP contribution in [0.25, 0.3) is 0 Å². The second kappa shape index (κ2) is 7.53. The summed E-state index contributed by atoms with van der Waals surface area (Å²) in [5.74, 6) is -1.40. The molecule has 0 aromatic heterocycles. The van der Waals surface area contributed by atoms with Gasteiger partial charge in [-0.05, 0) is 13.8 Å². The molecule has 1 heterocycles. The average molecular weight is 325 g/mol. The molecule has 5 unspecified atom stereocenters. The van der Waals surface area contributed by atoms with E-state index in [0.717, 1.165) is 11.8 Å². The van der Waals surface area contributed by atoms with Crippen molar-refractivity contribution in [1.82, 2.24) is 4.90 Å². The van der Waals surface area contributed by atoms with Gasteiger partial charge in [0.15, 0.2) is 6.10 Å². The highest BCUT2D eigenvalue weighted by molar-refractivity contribution is 8.23. The van der Waals surface area contributed by atoms with Crippen molar-refractivity contribution in [3.63, 3.8) is 0 Å². The van der Waals surface area contributed by atoms with Crippen LogP contribution in [0.4, 0.5) is 0 Å². The average Bonchev–Trinajstić information content (AvgIpc) is 2.40. The van der Waals surface area contributed by atoms with E-state index in [4.69, 9.17) is 22.1 Å². The zero-order valence-electron chi connectivity index (χ0n) is 11.2. The van der Waals surface area contributed by atoms with Gasteiger partial charge in [0.25, 0.3) is 0 Å². The fourth-order valence-corrected chi connectivity index (χ4v) is 3.43. The van der Waals surface area contributed by atoms with Gasteiger partial charge in [0, 0.05) is 13.1 Å². The van der Waals surface area contributed by atoms with E-state index in [1.165, 1.54) is 0 Å². The molecule has 9 heteroatoms. The number of ether oxygens (including phenoxy) is 1. The van der Waals surface area contributed by atoms with Crippen molar-refractivity contribution in [1.29, 1.82) is 0 Å². The summed E-state index contributed by atoms with van der Waals surface area (Å²) < 4.78 is 5.58. The van der Waals surface area contributed by atoms with Gasteiger partial charge < -0.3 is 30.1 Å². The third kappa shape index (κ3) is 3.80. The first-order chi connectivity index (χ1) is 9.33. The summed E-state index contributed by atoms with van der Waals surface area (Å²) in [6, 6.07) is 0. The van der Waals surface area contributed by atoms with E-state index in [2.05, 4.69) is 0 Å². The lowest BCUT2D eigenvalue weighted by atomic mass is 10.0. The lowest BCUT2D eigenvalue weighted by molar-refractivity contribution is -0.209. The quantitative estimate of drug-likeness (QED) is 0.496. The number of rotatable bonds is 4. The molecule has 0 bridgehead atoms. The number of carboxylic acid groups (broad SMARTS) is 1. The monoisotopic (exact) mass is 325 g/mol. The fraction of sp³-hybridized carbons (Fsp3) is 0.818. The molecule has 1 fully saturated rings. The largest absolute Gasteiger partial charge is 0.479 e. The van der Waals surface area contributed by atoms with Crippen LogP contribution >= 0.6 is 24.0 Å². The lowest BCUT2D eigenvalue weighted by Crippen LogP contribution is -2.59. The molecule has 1 saturated heterocycles. The molecule has 5 atom stereocenters. The van der Waals surface area contributed by atoms with Crippen LogP contribution in [0.15, 0.2) is 0 Å². The zero-order chi connectivity index (χ0) is 15.4. The Balaban J connectivity index is 2.78. The Hall–Kier alpha value is -0.450. The van der Waals surface area contributed by atoms with E-state index >= 15 is 0 Å². The minimum Gasteiger partial charge on any atom is -0.479 e. The van der Waals surface area contributed by atoms with Crippen LogP contribution in [0, 0.1) is 0 Å². The summed E-state index contributed by atoms with van der Waals surface area (Å²) in [6.45, 7) is 5.15. The molecule has 20 heavy (non-hydrogen) atoms. The molecule has 4 N–H and O–H groups in total. The predicted octanol–water partition coefficient (Wildman–Crippen LogP) is -0.762. The van der Waals surface area contributed by atoms with Crippen LogP contribution in [0.2, 0.25) is 0 Å². The van der Waals surface area contributed by atoms with Crippen molar-refractivity contribution >= 4 is 34.3 Å². The van der Waals surface area contributed by atoms with Gasteiger partial charge in [-0.15, -0.1) is 0 Å². The molecule has 116 valence electrons. The number of thiocarbonyl (C=S) groups is 1. The Morgan fingerprint density at radius 2 is 1.75 bits per heavy atom. The number of aliphatic hydroxyl groups excluding tert-OH is 3. The van der Waals surface area contributed by atoms with E-state index in [1.54, 1.807) is 0 Å². The first kappa shape index (κ1) is 17.6. The first-order valence-electron chi connectivity index (χ1n) is 6.21. The molecule has 7 nitrogen and oxygen atoms in total. The Morgan fingerprint density at radius 1 is 1.20 bits per heavy atom. The third-order valence-electron chi connectivity index (χ3n) is 3.05. The molecule has 0 radical (unpaired) electrons. The van der Waals surface area contributed by atoms with Gasteiger partial charge in [-0.2, -0.15) is 0 Å². The summed E-state index contributed by atoms with van der Waals surface area (Å²) in [7, 11) is 0. The maximum atomic E-state index is 11.0. The Bertz CT molecular complexity index is 365. The van der Waals surface area contributed by atoms with Crippen LogP contribution in [0.1, 0.15) is 13.8 Å². The highest BCUT2D eigenvalue weighted by Gasteiger charge is 2.47. The molecule has 1 aliphatic heterocycles. The topological polar surface area (TPSA) is 110 Å². The summed E-state index contributed by atoms with van der Waals surface area (Å²) in [5, 5.41) is 38.0. The summed E-state index contributed by atoms with van der Waals surface area (Å²) in [5.41, 5.74) is -1.04. The summed E-state index contributed by atoms with van der Waals surface area (Å²) >= 11 is 6.15. The van der Waals surface area contributed by atoms with Crippen molar-refractivity contribution in [2.45, 2.75) is 43.7 Å². The number of aliphatic hydroxyl groups is 3. The Morgan fingerprint density at radius 3 is 2.20 bits per heavy atom. The number of hydrogen-bond acceptors (Lipinski definition) is 7. The van der Waals surface area contributed by atoms with Gasteiger partial charge >= 0.3 is 5.97 Å². The van der Waals surface area contributed by atoms with E-state index in [0.29, 0.717) is 17.4 Å². The highest BCUT2D eigenvalue weighted by Crippen LogP contribution is 2.30. The second-order valence-corrected chi connectivity index (χ2v) is 6.02. The number of nitrogens with zero attached hydrogens (tertiary/aromatic N) is 1. The van der Waals surface area contributed by atoms with E-state index in [9.17, 15) is 20.1 Å². The first-order valence-corrected chi connectivity index (χ1v) is 7.50. The number of carbonyl (C=O) groups is 1. The van der Waals surface area contributed by atoms with Gasteiger partial charge in [-0.25, -0.2) is 4.79 Å². The van der Waals surface area contributed by atoms with Crippen LogP contribution in [-0.2, 0) is 9.53 Å². The van der Waals surface area contributed by atoms with Crippen molar-refractivity contribution < 1.29 is 30.0 Å². The van der Waals surface area contributed by atoms with E-state index in [-0.39, 0.29) is 0 Å². The molecule has 0 spiro atoms. The molecule has 0 aliphatic carbocycles. The van der Waals surface area contributed by atoms with E-state index < -0.39 is 35.8 Å². The molecular weight excluding hydrogens is 306 g/mol. The van der Waals surface area contributed by atoms with E-state index in [1.807, 2.05) is 18.7 Å². The van der Waals surface area contributed by atoms with Crippen molar-refractivity contribution in [2.24, 2.45) is 0 Å². The van der Waals surface area contributed by atoms with Gasteiger partial charge in [-0.3, -0.25) is 0 Å². The summed E-state index contributed by atoms with van der Waals surface area (Å²) in [4.78, 5) is 12.8. The smallest absolute Gasteiger partial charge is 0.335 e. The van der Waals surface area contributed by atoms with Crippen LogP contribution in [-0.4, -0.2) is 78.6 Å². The molecule has 0 aromatic rings. The normalized spacial score (nSPS) is 33.8. The van der Waals surface area contributed by atoms with Crippen LogP contribution < -0.4 is 0 Å². The third-order valence-corrected chi connectivity index (χ3v) is 4.68. The SMILES string of the molecule is CCN(CC)C(=S)SC1OC(C(=O)O)C(O)C(O)C1O. The van der Waals surface area contributed by atoms with Crippen molar-refractivity contribution in [3.05, 3.63) is 0 Å².